The molecule has 0 saturated heterocycles. The minimum absolute atomic E-state index is 0.571. The van der Waals surface area contributed by atoms with E-state index in [1.165, 1.54) is 0 Å². The highest BCUT2D eigenvalue weighted by Gasteiger charge is 2.03. The highest BCUT2D eigenvalue weighted by atomic mass is 16.3. The lowest BCUT2D eigenvalue weighted by atomic mass is 10.2. The van der Waals surface area contributed by atoms with Gasteiger partial charge in [0.1, 0.15) is 11.3 Å². The molecule has 0 aliphatic carbocycles. The maximum absolute atomic E-state index is 10.7. The number of urea groups is 1. The standard InChI is InChI=1S/C16H15N3O2/c17-16(20)19-13-7-5-12(6-8-13)18-10-14-9-11-3-1-2-4-15(11)21-14/h1-9,18H,10H2,(H3,17,19,20). The summed E-state index contributed by atoms with van der Waals surface area (Å²) in [4.78, 5) is 10.7. The average molecular weight is 281 g/mol. The number of fused-ring (bicyclic) bond motifs is 1. The van der Waals surface area contributed by atoms with E-state index < -0.39 is 6.03 Å². The Kier molecular flexibility index (Phi) is 3.47. The van der Waals surface area contributed by atoms with Gasteiger partial charge in [-0.15, -0.1) is 0 Å². The monoisotopic (exact) mass is 281 g/mol. The van der Waals surface area contributed by atoms with Crippen molar-refractivity contribution in [3.05, 3.63) is 60.4 Å². The van der Waals surface area contributed by atoms with Crippen LogP contribution in [0.4, 0.5) is 16.2 Å². The number of primary amides is 1. The number of carbonyl (C=O) groups excluding carboxylic acids is 1. The molecule has 3 aromatic rings. The maximum atomic E-state index is 10.7. The van der Waals surface area contributed by atoms with E-state index >= 15 is 0 Å². The van der Waals surface area contributed by atoms with Crippen LogP contribution in [0, 0.1) is 0 Å². The molecule has 0 radical (unpaired) electrons. The van der Waals surface area contributed by atoms with E-state index in [1.54, 1.807) is 12.1 Å². The first kappa shape index (κ1) is 13.1. The number of amides is 2. The number of anilines is 2. The summed E-state index contributed by atoms with van der Waals surface area (Å²) in [5, 5.41) is 6.87. The van der Waals surface area contributed by atoms with Gasteiger partial charge in [-0.05, 0) is 36.4 Å². The third kappa shape index (κ3) is 3.14. The molecular formula is C16H15N3O2. The minimum Gasteiger partial charge on any atom is -0.459 e. The van der Waals surface area contributed by atoms with Crippen molar-refractivity contribution in [3.63, 3.8) is 0 Å². The molecule has 0 aliphatic rings. The summed E-state index contributed by atoms with van der Waals surface area (Å²) in [6.07, 6.45) is 0. The summed E-state index contributed by atoms with van der Waals surface area (Å²) in [5.74, 6) is 0.871. The lowest BCUT2D eigenvalue weighted by Crippen LogP contribution is -2.19. The first-order valence-corrected chi connectivity index (χ1v) is 6.58. The van der Waals surface area contributed by atoms with Crippen molar-refractivity contribution < 1.29 is 9.21 Å². The Bertz CT molecular complexity index is 730. The summed E-state index contributed by atoms with van der Waals surface area (Å²) < 4.78 is 5.73. The van der Waals surface area contributed by atoms with Gasteiger partial charge in [0, 0.05) is 16.8 Å². The molecule has 0 unspecified atom stereocenters. The van der Waals surface area contributed by atoms with Crippen molar-refractivity contribution in [2.75, 3.05) is 10.6 Å². The van der Waals surface area contributed by atoms with Gasteiger partial charge in [0.2, 0.25) is 0 Å². The van der Waals surface area contributed by atoms with Crippen LogP contribution in [0.25, 0.3) is 11.0 Å². The smallest absolute Gasteiger partial charge is 0.316 e. The van der Waals surface area contributed by atoms with Gasteiger partial charge in [0.15, 0.2) is 0 Å². The zero-order chi connectivity index (χ0) is 14.7. The second-order valence-corrected chi connectivity index (χ2v) is 4.67. The fraction of sp³-hybridized carbons (Fsp3) is 0.0625. The quantitative estimate of drug-likeness (QED) is 0.684. The molecule has 1 aromatic heterocycles. The molecule has 5 heteroatoms. The predicted octanol–water partition coefficient (Wildman–Crippen LogP) is 3.54. The molecule has 1 heterocycles. The van der Waals surface area contributed by atoms with Crippen LogP contribution in [-0.2, 0) is 6.54 Å². The molecule has 0 atom stereocenters. The van der Waals surface area contributed by atoms with Gasteiger partial charge in [-0.25, -0.2) is 4.79 Å². The van der Waals surface area contributed by atoms with E-state index in [1.807, 2.05) is 42.5 Å². The van der Waals surface area contributed by atoms with Crippen LogP contribution in [0.2, 0.25) is 0 Å². The number of para-hydroxylation sites is 1. The first-order chi connectivity index (χ1) is 10.2. The molecular weight excluding hydrogens is 266 g/mol. The number of furan rings is 1. The van der Waals surface area contributed by atoms with E-state index in [0.717, 1.165) is 22.4 Å². The fourth-order valence-electron chi connectivity index (χ4n) is 2.13. The van der Waals surface area contributed by atoms with E-state index in [-0.39, 0.29) is 0 Å². The van der Waals surface area contributed by atoms with Gasteiger partial charge in [-0.2, -0.15) is 0 Å². The van der Waals surface area contributed by atoms with Gasteiger partial charge in [-0.3, -0.25) is 0 Å². The van der Waals surface area contributed by atoms with Gasteiger partial charge >= 0.3 is 6.03 Å². The molecule has 3 rings (SSSR count). The Morgan fingerprint density at radius 3 is 2.48 bits per heavy atom. The topological polar surface area (TPSA) is 80.3 Å². The normalized spacial score (nSPS) is 10.5. The second kappa shape index (κ2) is 5.58. The lowest BCUT2D eigenvalue weighted by Gasteiger charge is -2.06. The highest BCUT2D eigenvalue weighted by Crippen LogP contribution is 2.20. The molecule has 5 nitrogen and oxygen atoms in total. The van der Waals surface area contributed by atoms with Gasteiger partial charge < -0.3 is 20.8 Å². The largest absolute Gasteiger partial charge is 0.459 e. The number of carbonyl (C=O) groups is 1. The zero-order valence-corrected chi connectivity index (χ0v) is 11.3. The number of nitrogens with one attached hydrogen (secondary N) is 2. The molecule has 21 heavy (non-hydrogen) atoms. The van der Waals surface area contributed by atoms with Gasteiger partial charge in [-0.1, -0.05) is 18.2 Å². The molecule has 2 amide bonds. The van der Waals surface area contributed by atoms with E-state index in [9.17, 15) is 4.79 Å². The average Bonchev–Trinajstić information content (AvgIpc) is 2.89. The van der Waals surface area contributed by atoms with Crippen molar-refractivity contribution >= 4 is 28.4 Å². The first-order valence-electron chi connectivity index (χ1n) is 6.58. The number of hydrogen-bond donors (Lipinski definition) is 3. The van der Waals surface area contributed by atoms with Crippen molar-refractivity contribution in [1.82, 2.24) is 0 Å². The Morgan fingerprint density at radius 2 is 1.76 bits per heavy atom. The van der Waals surface area contributed by atoms with Gasteiger partial charge in [0.05, 0.1) is 6.54 Å². The van der Waals surface area contributed by atoms with Crippen LogP contribution in [-0.4, -0.2) is 6.03 Å². The molecule has 4 N–H and O–H groups in total. The Balaban J connectivity index is 1.65. The van der Waals surface area contributed by atoms with Crippen LogP contribution in [0.15, 0.2) is 59.0 Å². The van der Waals surface area contributed by atoms with Crippen molar-refractivity contribution in [3.8, 4) is 0 Å². The highest BCUT2D eigenvalue weighted by molar-refractivity contribution is 5.87. The van der Waals surface area contributed by atoms with Crippen molar-refractivity contribution in [1.29, 1.82) is 0 Å². The zero-order valence-electron chi connectivity index (χ0n) is 11.3. The molecule has 106 valence electrons. The molecule has 0 saturated carbocycles. The fourth-order valence-corrected chi connectivity index (χ4v) is 2.13. The number of nitrogens with two attached hydrogens (primary N) is 1. The van der Waals surface area contributed by atoms with Crippen LogP contribution in [0.1, 0.15) is 5.76 Å². The SMILES string of the molecule is NC(=O)Nc1ccc(NCc2cc3ccccc3o2)cc1. The molecule has 0 fully saturated rings. The van der Waals surface area contributed by atoms with E-state index in [2.05, 4.69) is 10.6 Å². The Labute approximate surface area is 121 Å². The summed E-state index contributed by atoms with van der Waals surface area (Å²) in [6.45, 7) is 0.595. The third-order valence-corrected chi connectivity index (χ3v) is 3.10. The van der Waals surface area contributed by atoms with Crippen LogP contribution in [0.5, 0.6) is 0 Å². The summed E-state index contributed by atoms with van der Waals surface area (Å²) >= 11 is 0. The second-order valence-electron chi connectivity index (χ2n) is 4.67. The molecule has 0 spiro atoms. The Hall–Kier alpha value is -2.95. The molecule has 0 aliphatic heterocycles. The number of benzene rings is 2. The number of rotatable bonds is 4. The summed E-state index contributed by atoms with van der Waals surface area (Å²) in [6, 6.07) is 16.7. The minimum atomic E-state index is -0.571. The van der Waals surface area contributed by atoms with E-state index in [0.29, 0.717) is 12.2 Å². The van der Waals surface area contributed by atoms with Crippen molar-refractivity contribution in [2.24, 2.45) is 5.73 Å². The van der Waals surface area contributed by atoms with Crippen LogP contribution in [0.3, 0.4) is 0 Å². The van der Waals surface area contributed by atoms with Gasteiger partial charge in [0.25, 0.3) is 0 Å². The van der Waals surface area contributed by atoms with Crippen molar-refractivity contribution in [2.45, 2.75) is 6.54 Å². The number of hydrogen-bond acceptors (Lipinski definition) is 3. The van der Waals surface area contributed by atoms with Crippen LogP contribution >= 0.6 is 0 Å². The van der Waals surface area contributed by atoms with E-state index in [4.69, 9.17) is 10.2 Å². The maximum Gasteiger partial charge on any atom is 0.316 e. The summed E-state index contributed by atoms with van der Waals surface area (Å²) in [5.41, 5.74) is 7.54. The van der Waals surface area contributed by atoms with Crippen LogP contribution < -0.4 is 16.4 Å². The Morgan fingerprint density at radius 1 is 1.05 bits per heavy atom. The predicted molar refractivity (Wildman–Crippen MR) is 83.2 cm³/mol. The summed E-state index contributed by atoms with van der Waals surface area (Å²) in [7, 11) is 0. The molecule has 0 bridgehead atoms. The lowest BCUT2D eigenvalue weighted by molar-refractivity contribution is 0.259. The third-order valence-electron chi connectivity index (χ3n) is 3.10. The molecule has 2 aromatic carbocycles.